The highest BCUT2D eigenvalue weighted by molar-refractivity contribution is 6.31. The van der Waals surface area contributed by atoms with Crippen LogP contribution in [0.1, 0.15) is 16.2 Å². The van der Waals surface area contributed by atoms with Crippen molar-refractivity contribution < 1.29 is 14.3 Å². The van der Waals surface area contributed by atoms with Gasteiger partial charge in [0.15, 0.2) is 33.9 Å². The van der Waals surface area contributed by atoms with E-state index >= 15 is 0 Å². The highest BCUT2D eigenvalue weighted by Crippen LogP contribution is 2.36. The number of hydrazine groups is 1. The number of para-hydroxylation sites is 2. The summed E-state index contributed by atoms with van der Waals surface area (Å²) in [4.78, 5) is 24.6. The molecule has 3 aromatic rings. The summed E-state index contributed by atoms with van der Waals surface area (Å²) in [6.07, 6.45) is 2.92. The first-order valence-electron chi connectivity index (χ1n) is 8.16. The van der Waals surface area contributed by atoms with E-state index in [1.54, 1.807) is 36.4 Å². The molecular formula is C18H16ClN7O3. The van der Waals surface area contributed by atoms with Crippen molar-refractivity contribution in [3.8, 4) is 28.6 Å². The van der Waals surface area contributed by atoms with E-state index in [4.69, 9.17) is 32.7 Å². The Bertz CT molecular complexity index is 1080. The van der Waals surface area contributed by atoms with Crippen LogP contribution in [-0.4, -0.2) is 34.2 Å². The van der Waals surface area contributed by atoms with E-state index in [1.807, 2.05) is 0 Å². The summed E-state index contributed by atoms with van der Waals surface area (Å²) < 4.78 is 11.0. The lowest BCUT2D eigenvalue weighted by Crippen LogP contribution is -2.16. The number of aromatic nitrogens is 3. The number of methoxy groups -OCH3 is 1. The lowest BCUT2D eigenvalue weighted by molar-refractivity contribution is 0.0993. The number of halogens is 1. The Morgan fingerprint density at radius 2 is 2.00 bits per heavy atom. The number of nitrogens with two attached hydrogens (primary N) is 2. The maximum absolute atomic E-state index is 12.0. The quantitative estimate of drug-likeness (QED) is 0.230. The van der Waals surface area contributed by atoms with Gasteiger partial charge in [-0.2, -0.15) is 5.10 Å². The molecule has 0 fully saturated rings. The van der Waals surface area contributed by atoms with Crippen LogP contribution in [0.5, 0.6) is 17.2 Å². The van der Waals surface area contributed by atoms with Gasteiger partial charge in [0, 0.05) is 11.8 Å². The molecule has 0 aliphatic rings. The Morgan fingerprint density at radius 1 is 1.24 bits per heavy atom. The number of carbonyl (C=O) groups is 1. The molecule has 2 aromatic heterocycles. The van der Waals surface area contributed by atoms with Crippen molar-refractivity contribution in [2.24, 2.45) is 16.7 Å². The lowest BCUT2D eigenvalue weighted by atomic mass is 10.2. The Kier molecular flexibility index (Phi) is 6.17. The van der Waals surface area contributed by atoms with E-state index in [2.05, 4.69) is 25.6 Å². The van der Waals surface area contributed by atoms with Gasteiger partial charge in [-0.1, -0.05) is 23.7 Å². The zero-order valence-electron chi connectivity index (χ0n) is 15.2. The predicted molar refractivity (Wildman–Crippen MR) is 107 cm³/mol. The van der Waals surface area contributed by atoms with Crippen molar-refractivity contribution in [2.45, 2.75) is 0 Å². The van der Waals surface area contributed by atoms with Gasteiger partial charge in [-0.25, -0.2) is 21.3 Å². The molecule has 5 N–H and O–H groups in total. The molecular weight excluding hydrogens is 398 g/mol. The maximum atomic E-state index is 12.0. The molecule has 0 saturated carbocycles. The van der Waals surface area contributed by atoms with Gasteiger partial charge >= 0.3 is 0 Å². The Morgan fingerprint density at radius 3 is 2.69 bits per heavy atom. The van der Waals surface area contributed by atoms with E-state index in [9.17, 15) is 4.79 Å². The standard InChI is InChI=1S/C18H16ClN7O3/c1-28-12-4-2-3-5-13(12)29-15-14(17(20)27)24-18(25-16(15)19)10-6-7-22-11(8-10)9-23-26-21/h2-9,26H,21H2,1H3,(H2,20,27). The number of benzene rings is 1. The highest BCUT2D eigenvalue weighted by Gasteiger charge is 2.21. The Hall–Kier alpha value is -3.76. The summed E-state index contributed by atoms with van der Waals surface area (Å²) in [5.41, 5.74) is 8.47. The highest BCUT2D eigenvalue weighted by atomic mass is 35.5. The van der Waals surface area contributed by atoms with Crippen molar-refractivity contribution >= 4 is 23.7 Å². The number of nitrogens with zero attached hydrogens (tertiary/aromatic N) is 4. The van der Waals surface area contributed by atoms with Crippen molar-refractivity contribution in [3.05, 3.63) is 59.1 Å². The third-order valence-electron chi connectivity index (χ3n) is 3.65. The fourth-order valence-corrected chi connectivity index (χ4v) is 2.59. The molecule has 0 spiro atoms. The van der Waals surface area contributed by atoms with Crippen molar-refractivity contribution in [1.29, 1.82) is 0 Å². The van der Waals surface area contributed by atoms with Crippen LogP contribution >= 0.6 is 11.6 Å². The molecule has 0 atom stereocenters. The van der Waals surface area contributed by atoms with Crippen LogP contribution < -0.4 is 26.6 Å². The minimum Gasteiger partial charge on any atom is -0.493 e. The summed E-state index contributed by atoms with van der Waals surface area (Å²) in [6, 6.07) is 10.1. The molecule has 29 heavy (non-hydrogen) atoms. The van der Waals surface area contributed by atoms with Gasteiger partial charge in [0.1, 0.15) is 0 Å². The molecule has 0 aliphatic heterocycles. The Balaban J connectivity index is 2.06. The molecule has 1 aromatic carbocycles. The van der Waals surface area contributed by atoms with Gasteiger partial charge in [-0.15, -0.1) is 0 Å². The number of carbonyl (C=O) groups excluding carboxylic acids is 1. The van der Waals surface area contributed by atoms with Crippen molar-refractivity contribution in [1.82, 2.24) is 20.5 Å². The summed E-state index contributed by atoms with van der Waals surface area (Å²) in [6.45, 7) is 0. The molecule has 0 bridgehead atoms. The maximum Gasteiger partial charge on any atom is 0.271 e. The van der Waals surface area contributed by atoms with Gasteiger partial charge in [-0.3, -0.25) is 9.78 Å². The molecule has 10 nitrogen and oxygen atoms in total. The number of pyridine rings is 1. The number of ether oxygens (including phenoxy) is 2. The van der Waals surface area contributed by atoms with Crippen LogP contribution in [0, 0.1) is 0 Å². The largest absolute Gasteiger partial charge is 0.493 e. The van der Waals surface area contributed by atoms with Gasteiger partial charge in [0.2, 0.25) is 0 Å². The minimum atomic E-state index is -0.830. The molecule has 0 saturated heterocycles. The number of primary amides is 1. The number of hydrogen-bond acceptors (Lipinski definition) is 9. The van der Waals surface area contributed by atoms with Crippen molar-refractivity contribution in [2.75, 3.05) is 7.11 Å². The summed E-state index contributed by atoms with van der Waals surface area (Å²) in [5, 5.41) is 3.59. The zero-order chi connectivity index (χ0) is 20.8. The molecule has 0 radical (unpaired) electrons. The fraction of sp³-hybridized carbons (Fsp3) is 0.0556. The molecule has 148 valence electrons. The van der Waals surface area contributed by atoms with Gasteiger partial charge in [-0.05, 0) is 24.3 Å². The topological polar surface area (TPSA) is 151 Å². The molecule has 11 heteroatoms. The SMILES string of the molecule is COc1ccccc1Oc1c(Cl)nc(-c2ccnc(C=NNN)c2)nc1C(N)=O. The van der Waals surface area contributed by atoms with Gasteiger partial charge < -0.3 is 15.2 Å². The van der Waals surface area contributed by atoms with E-state index in [-0.39, 0.29) is 22.4 Å². The van der Waals surface area contributed by atoms with Crippen LogP contribution in [0.15, 0.2) is 47.7 Å². The number of hydrazone groups is 1. The minimum absolute atomic E-state index is 0.0735. The second-order valence-electron chi connectivity index (χ2n) is 5.49. The zero-order valence-corrected chi connectivity index (χ0v) is 15.9. The molecule has 3 rings (SSSR count). The fourth-order valence-electron chi connectivity index (χ4n) is 2.38. The first kappa shape index (κ1) is 20.0. The summed E-state index contributed by atoms with van der Waals surface area (Å²) in [7, 11) is 1.49. The average molecular weight is 414 g/mol. The third kappa shape index (κ3) is 4.57. The first-order chi connectivity index (χ1) is 14.0. The van der Waals surface area contributed by atoms with Crippen LogP contribution in [0.4, 0.5) is 0 Å². The lowest BCUT2D eigenvalue weighted by Gasteiger charge is -2.13. The van der Waals surface area contributed by atoms with E-state index in [0.717, 1.165) is 0 Å². The second-order valence-corrected chi connectivity index (χ2v) is 5.85. The summed E-state index contributed by atoms with van der Waals surface area (Å²) >= 11 is 6.30. The number of rotatable bonds is 7. The number of amides is 1. The molecule has 0 unspecified atom stereocenters. The van der Waals surface area contributed by atoms with Crippen LogP contribution in [0.3, 0.4) is 0 Å². The smallest absolute Gasteiger partial charge is 0.271 e. The molecule has 2 heterocycles. The second kappa shape index (κ2) is 8.95. The predicted octanol–water partition coefficient (Wildman–Crippen LogP) is 1.89. The normalized spacial score (nSPS) is 10.7. The molecule has 0 aliphatic carbocycles. The van der Waals surface area contributed by atoms with E-state index < -0.39 is 5.91 Å². The van der Waals surface area contributed by atoms with Crippen molar-refractivity contribution in [3.63, 3.8) is 0 Å². The van der Waals surface area contributed by atoms with Crippen LogP contribution in [0.25, 0.3) is 11.4 Å². The third-order valence-corrected chi connectivity index (χ3v) is 3.91. The van der Waals surface area contributed by atoms with Crippen LogP contribution in [-0.2, 0) is 0 Å². The molecule has 1 amide bonds. The van der Waals surface area contributed by atoms with E-state index in [0.29, 0.717) is 22.8 Å². The first-order valence-corrected chi connectivity index (χ1v) is 8.54. The van der Waals surface area contributed by atoms with Gasteiger partial charge in [0.05, 0.1) is 19.0 Å². The Labute approximate surface area is 170 Å². The van der Waals surface area contributed by atoms with Gasteiger partial charge in [0.25, 0.3) is 5.91 Å². The number of hydrogen-bond donors (Lipinski definition) is 3. The monoisotopic (exact) mass is 413 g/mol. The average Bonchev–Trinajstić information content (AvgIpc) is 2.73. The number of nitrogens with one attached hydrogen (secondary N) is 1. The summed E-state index contributed by atoms with van der Waals surface area (Å²) in [5.74, 6) is 5.13. The van der Waals surface area contributed by atoms with E-state index in [1.165, 1.54) is 19.5 Å². The van der Waals surface area contributed by atoms with Crippen LogP contribution in [0.2, 0.25) is 5.15 Å².